The van der Waals surface area contributed by atoms with Gasteiger partial charge in [0.25, 0.3) is 5.91 Å². The molecule has 0 aliphatic carbocycles. The Bertz CT molecular complexity index is 855. The number of allylic oxidation sites excluding steroid dienone is 2. The van der Waals surface area contributed by atoms with Gasteiger partial charge in [0, 0.05) is 0 Å². The highest BCUT2D eigenvalue weighted by Gasteiger charge is 2.33. The van der Waals surface area contributed by atoms with Gasteiger partial charge in [0.15, 0.2) is 5.17 Å². The molecule has 0 aromatic heterocycles. The van der Waals surface area contributed by atoms with Gasteiger partial charge in [-0.3, -0.25) is 15.1 Å². The first-order chi connectivity index (χ1) is 12.1. The Kier molecular flexibility index (Phi) is 5.05. The minimum Gasteiger partial charge on any atom is -0.497 e. The van der Waals surface area contributed by atoms with Gasteiger partial charge in [0.05, 0.1) is 17.7 Å². The lowest BCUT2D eigenvalue weighted by Crippen LogP contribution is -2.28. The van der Waals surface area contributed by atoms with Crippen LogP contribution in [0.15, 0.2) is 71.2 Å². The Labute approximate surface area is 151 Å². The lowest BCUT2D eigenvalue weighted by Gasteiger charge is -2.14. The zero-order valence-corrected chi connectivity index (χ0v) is 14.8. The van der Waals surface area contributed by atoms with Crippen molar-refractivity contribution in [3.8, 4) is 5.75 Å². The Morgan fingerprint density at radius 2 is 1.80 bits per heavy atom. The Morgan fingerprint density at radius 3 is 2.44 bits per heavy atom. The normalized spacial score (nSPS) is 16.6. The van der Waals surface area contributed by atoms with Gasteiger partial charge in [-0.05, 0) is 60.2 Å². The van der Waals surface area contributed by atoms with E-state index >= 15 is 0 Å². The minimum atomic E-state index is -0.180. The molecule has 1 amide bonds. The van der Waals surface area contributed by atoms with E-state index < -0.39 is 0 Å². The van der Waals surface area contributed by atoms with Crippen molar-refractivity contribution in [3.05, 3.63) is 76.7 Å². The van der Waals surface area contributed by atoms with E-state index in [1.165, 1.54) is 16.7 Å². The SMILES string of the molecule is COc1ccc(N2C(=N)S/C(=C\C(C)=C\c3ccccc3)C2=O)cc1. The predicted molar refractivity (Wildman–Crippen MR) is 104 cm³/mol. The van der Waals surface area contributed by atoms with Crippen LogP contribution in [0.2, 0.25) is 0 Å². The van der Waals surface area contributed by atoms with Crippen molar-refractivity contribution in [2.24, 2.45) is 0 Å². The van der Waals surface area contributed by atoms with E-state index in [9.17, 15) is 4.79 Å². The molecule has 25 heavy (non-hydrogen) atoms. The largest absolute Gasteiger partial charge is 0.497 e. The molecule has 0 bridgehead atoms. The van der Waals surface area contributed by atoms with Crippen LogP contribution in [0.1, 0.15) is 12.5 Å². The number of methoxy groups -OCH3 is 1. The maximum Gasteiger partial charge on any atom is 0.271 e. The smallest absolute Gasteiger partial charge is 0.271 e. The molecule has 1 heterocycles. The summed E-state index contributed by atoms with van der Waals surface area (Å²) in [6.07, 6.45) is 3.85. The third-order valence-corrected chi connectivity index (χ3v) is 4.60. The summed E-state index contributed by atoms with van der Waals surface area (Å²) in [6.45, 7) is 1.95. The average Bonchev–Trinajstić information content (AvgIpc) is 2.89. The summed E-state index contributed by atoms with van der Waals surface area (Å²) in [7, 11) is 1.59. The molecule has 1 fully saturated rings. The number of hydrogen-bond acceptors (Lipinski definition) is 4. The van der Waals surface area contributed by atoms with Gasteiger partial charge in [0.1, 0.15) is 5.75 Å². The fourth-order valence-corrected chi connectivity index (χ4v) is 3.42. The van der Waals surface area contributed by atoms with Crippen LogP contribution in [0.5, 0.6) is 5.75 Å². The fourth-order valence-electron chi connectivity index (χ4n) is 2.51. The van der Waals surface area contributed by atoms with Crippen LogP contribution in [0, 0.1) is 5.41 Å². The summed E-state index contributed by atoms with van der Waals surface area (Å²) in [6, 6.07) is 17.1. The van der Waals surface area contributed by atoms with Gasteiger partial charge < -0.3 is 4.74 Å². The number of amidine groups is 1. The summed E-state index contributed by atoms with van der Waals surface area (Å²) in [5.41, 5.74) is 2.71. The number of rotatable bonds is 4. The Morgan fingerprint density at radius 1 is 1.12 bits per heavy atom. The monoisotopic (exact) mass is 350 g/mol. The second-order valence-corrected chi connectivity index (χ2v) is 6.58. The molecule has 2 aromatic rings. The maximum absolute atomic E-state index is 12.7. The number of carbonyl (C=O) groups excluding carboxylic acids is 1. The molecule has 2 aromatic carbocycles. The Balaban J connectivity index is 1.84. The molecule has 0 radical (unpaired) electrons. The first-order valence-electron chi connectivity index (χ1n) is 7.78. The van der Waals surface area contributed by atoms with Crippen molar-refractivity contribution in [1.29, 1.82) is 5.41 Å². The zero-order chi connectivity index (χ0) is 17.8. The van der Waals surface area contributed by atoms with E-state index in [-0.39, 0.29) is 11.1 Å². The summed E-state index contributed by atoms with van der Waals surface area (Å²) in [5.74, 6) is 0.535. The van der Waals surface area contributed by atoms with Crippen molar-refractivity contribution in [2.45, 2.75) is 6.92 Å². The second-order valence-electron chi connectivity index (χ2n) is 5.55. The molecule has 1 saturated heterocycles. The van der Waals surface area contributed by atoms with Crippen LogP contribution >= 0.6 is 11.8 Å². The van der Waals surface area contributed by atoms with E-state index in [0.717, 1.165) is 11.1 Å². The first-order valence-corrected chi connectivity index (χ1v) is 8.60. The molecule has 1 aliphatic rings. The maximum atomic E-state index is 12.7. The van der Waals surface area contributed by atoms with Crippen LogP contribution < -0.4 is 9.64 Å². The van der Waals surface area contributed by atoms with Crippen LogP contribution in [-0.2, 0) is 4.79 Å². The number of amides is 1. The van der Waals surface area contributed by atoms with Crippen molar-refractivity contribution in [2.75, 3.05) is 12.0 Å². The number of nitrogens with zero attached hydrogens (tertiary/aromatic N) is 1. The number of benzene rings is 2. The van der Waals surface area contributed by atoms with Gasteiger partial charge in [-0.1, -0.05) is 36.4 Å². The highest BCUT2D eigenvalue weighted by molar-refractivity contribution is 8.19. The number of ether oxygens (including phenoxy) is 1. The lowest BCUT2D eigenvalue weighted by molar-refractivity contribution is -0.113. The number of anilines is 1. The molecule has 0 spiro atoms. The average molecular weight is 350 g/mol. The van der Waals surface area contributed by atoms with Gasteiger partial charge >= 0.3 is 0 Å². The molecule has 1 aliphatic heterocycles. The molecular weight excluding hydrogens is 332 g/mol. The van der Waals surface area contributed by atoms with Crippen LogP contribution in [0.25, 0.3) is 6.08 Å². The molecule has 0 unspecified atom stereocenters. The molecule has 1 N–H and O–H groups in total. The first kappa shape index (κ1) is 17.0. The predicted octanol–water partition coefficient (Wildman–Crippen LogP) is 4.70. The topological polar surface area (TPSA) is 53.4 Å². The van der Waals surface area contributed by atoms with E-state index in [1.807, 2.05) is 49.4 Å². The molecule has 3 rings (SSSR count). The van der Waals surface area contributed by atoms with Crippen molar-refractivity contribution < 1.29 is 9.53 Å². The quantitative estimate of drug-likeness (QED) is 0.813. The van der Waals surface area contributed by atoms with Crippen LogP contribution in [0.3, 0.4) is 0 Å². The summed E-state index contributed by atoms with van der Waals surface area (Å²) >= 11 is 1.17. The molecule has 5 heteroatoms. The number of carbonyl (C=O) groups is 1. The van der Waals surface area contributed by atoms with E-state index in [2.05, 4.69) is 0 Å². The van der Waals surface area contributed by atoms with Crippen molar-refractivity contribution >= 4 is 34.6 Å². The molecule has 126 valence electrons. The third-order valence-electron chi connectivity index (χ3n) is 3.71. The van der Waals surface area contributed by atoms with Gasteiger partial charge in [-0.25, -0.2) is 0 Å². The Hall–Kier alpha value is -2.79. The van der Waals surface area contributed by atoms with E-state index in [1.54, 1.807) is 31.4 Å². The molecular formula is C20H18N2O2S. The van der Waals surface area contributed by atoms with Gasteiger partial charge in [-0.15, -0.1) is 0 Å². The number of thioether (sulfide) groups is 1. The highest BCUT2D eigenvalue weighted by Crippen LogP contribution is 2.35. The molecule has 4 nitrogen and oxygen atoms in total. The zero-order valence-electron chi connectivity index (χ0n) is 14.0. The number of nitrogens with one attached hydrogen (secondary N) is 1. The van der Waals surface area contributed by atoms with Crippen LogP contribution in [-0.4, -0.2) is 18.2 Å². The standard InChI is InChI=1S/C20H18N2O2S/c1-14(12-15-6-4-3-5-7-15)13-18-19(23)22(20(21)25-18)16-8-10-17(24-2)11-9-16/h3-13,21H,1-2H3/b14-12+,18-13-,21-20?. The van der Waals surface area contributed by atoms with Crippen molar-refractivity contribution in [1.82, 2.24) is 0 Å². The van der Waals surface area contributed by atoms with Gasteiger partial charge in [-0.2, -0.15) is 0 Å². The third kappa shape index (κ3) is 3.83. The van der Waals surface area contributed by atoms with Crippen LogP contribution in [0.4, 0.5) is 5.69 Å². The summed E-state index contributed by atoms with van der Waals surface area (Å²) < 4.78 is 5.13. The summed E-state index contributed by atoms with van der Waals surface area (Å²) in [4.78, 5) is 14.7. The minimum absolute atomic E-state index is 0.180. The van der Waals surface area contributed by atoms with Gasteiger partial charge in [0.2, 0.25) is 0 Å². The molecule has 0 atom stereocenters. The van der Waals surface area contributed by atoms with E-state index in [4.69, 9.17) is 10.1 Å². The highest BCUT2D eigenvalue weighted by atomic mass is 32.2. The fraction of sp³-hybridized carbons (Fsp3) is 0.100. The molecule has 0 saturated carbocycles. The van der Waals surface area contributed by atoms with E-state index in [0.29, 0.717) is 16.3 Å². The summed E-state index contributed by atoms with van der Waals surface area (Å²) in [5, 5.41) is 8.35. The van der Waals surface area contributed by atoms with Crippen molar-refractivity contribution in [3.63, 3.8) is 0 Å². The number of hydrogen-bond donors (Lipinski definition) is 1. The second kappa shape index (κ2) is 7.40. The lowest BCUT2D eigenvalue weighted by atomic mass is 10.1.